The van der Waals surface area contributed by atoms with Gasteiger partial charge in [0, 0.05) is 11.4 Å². The van der Waals surface area contributed by atoms with Crippen LogP contribution in [0.25, 0.3) is 0 Å². The van der Waals surface area contributed by atoms with Crippen molar-refractivity contribution in [2.75, 3.05) is 12.8 Å². The number of hydrogen-bond acceptors (Lipinski definition) is 4. The molecule has 0 aliphatic carbocycles. The van der Waals surface area contributed by atoms with E-state index in [1.54, 1.807) is 18.7 Å². The first-order valence-electron chi connectivity index (χ1n) is 5.76. The maximum Gasteiger partial charge on any atom is 0.0952 e. The lowest BCUT2D eigenvalue weighted by molar-refractivity contribution is -0.0591. The Bertz CT molecular complexity index is 327. The zero-order valence-corrected chi connectivity index (χ0v) is 11.4. The fourth-order valence-electron chi connectivity index (χ4n) is 1.46. The van der Waals surface area contributed by atoms with Crippen molar-refractivity contribution in [1.29, 1.82) is 0 Å². The average molecular weight is 255 g/mol. The second-order valence-corrected chi connectivity index (χ2v) is 4.96. The standard InChI is InChI=1S/C13H21NO2S/c1-9(15)10(2)16-13(8-14)11-4-6-12(17-3)7-5-11/h4-7,9-10,13,15H,8,14H2,1-3H3. The lowest BCUT2D eigenvalue weighted by atomic mass is 10.1. The minimum Gasteiger partial charge on any atom is -0.391 e. The van der Waals surface area contributed by atoms with Crippen LogP contribution in [0.5, 0.6) is 0 Å². The van der Waals surface area contributed by atoms with Crippen molar-refractivity contribution in [3.8, 4) is 0 Å². The number of ether oxygens (including phenoxy) is 1. The van der Waals surface area contributed by atoms with Crippen LogP contribution in [0.1, 0.15) is 25.5 Å². The highest BCUT2D eigenvalue weighted by molar-refractivity contribution is 7.98. The third-order valence-electron chi connectivity index (χ3n) is 2.76. The van der Waals surface area contributed by atoms with Crippen molar-refractivity contribution in [2.24, 2.45) is 5.73 Å². The van der Waals surface area contributed by atoms with Crippen LogP contribution in [0.15, 0.2) is 29.2 Å². The fourth-order valence-corrected chi connectivity index (χ4v) is 1.87. The normalized spacial score (nSPS) is 16.5. The van der Waals surface area contributed by atoms with Crippen LogP contribution < -0.4 is 5.73 Å². The lowest BCUT2D eigenvalue weighted by Gasteiger charge is -2.23. The van der Waals surface area contributed by atoms with Crippen LogP contribution in [0, 0.1) is 0 Å². The molecule has 0 spiro atoms. The highest BCUT2D eigenvalue weighted by atomic mass is 32.2. The van der Waals surface area contributed by atoms with Crippen LogP contribution >= 0.6 is 11.8 Å². The molecule has 1 aromatic rings. The first-order valence-corrected chi connectivity index (χ1v) is 6.98. The van der Waals surface area contributed by atoms with Crippen LogP contribution in [-0.2, 0) is 4.74 Å². The molecule has 3 N–H and O–H groups in total. The van der Waals surface area contributed by atoms with E-state index in [0.29, 0.717) is 6.54 Å². The molecule has 17 heavy (non-hydrogen) atoms. The number of nitrogens with two attached hydrogens (primary N) is 1. The topological polar surface area (TPSA) is 55.5 Å². The lowest BCUT2D eigenvalue weighted by Crippen LogP contribution is -2.28. The number of aliphatic hydroxyl groups is 1. The van der Waals surface area contributed by atoms with Gasteiger partial charge >= 0.3 is 0 Å². The van der Waals surface area contributed by atoms with E-state index >= 15 is 0 Å². The van der Waals surface area contributed by atoms with Crippen LogP contribution in [-0.4, -0.2) is 30.1 Å². The molecular weight excluding hydrogens is 234 g/mol. The summed E-state index contributed by atoms with van der Waals surface area (Å²) in [4.78, 5) is 1.22. The highest BCUT2D eigenvalue weighted by Crippen LogP contribution is 2.22. The molecule has 0 aliphatic heterocycles. The van der Waals surface area contributed by atoms with E-state index in [2.05, 4.69) is 12.1 Å². The summed E-state index contributed by atoms with van der Waals surface area (Å²) < 4.78 is 5.74. The minimum atomic E-state index is -0.491. The van der Waals surface area contributed by atoms with Crippen molar-refractivity contribution in [1.82, 2.24) is 0 Å². The Kier molecular flexibility index (Phi) is 5.98. The van der Waals surface area contributed by atoms with E-state index in [0.717, 1.165) is 5.56 Å². The Morgan fingerprint density at radius 2 is 1.88 bits per heavy atom. The number of thioether (sulfide) groups is 1. The first kappa shape index (κ1) is 14.5. The Morgan fingerprint density at radius 3 is 2.29 bits per heavy atom. The van der Waals surface area contributed by atoms with Crippen molar-refractivity contribution in [3.05, 3.63) is 29.8 Å². The van der Waals surface area contributed by atoms with Gasteiger partial charge in [-0.05, 0) is 37.8 Å². The zero-order chi connectivity index (χ0) is 12.8. The number of hydrogen-bond donors (Lipinski definition) is 2. The molecule has 3 nitrogen and oxygen atoms in total. The quantitative estimate of drug-likeness (QED) is 0.765. The fraction of sp³-hybridized carbons (Fsp3) is 0.538. The summed E-state index contributed by atoms with van der Waals surface area (Å²) in [6, 6.07) is 8.16. The predicted molar refractivity (Wildman–Crippen MR) is 72.2 cm³/mol. The smallest absolute Gasteiger partial charge is 0.0952 e. The first-order chi connectivity index (χ1) is 8.08. The molecule has 0 amide bonds. The average Bonchev–Trinajstić information content (AvgIpc) is 2.35. The summed E-state index contributed by atoms with van der Waals surface area (Å²) in [7, 11) is 0. The third kappa shape index (κ3) is 4.32. The molecule has 0 aliphatic rings. The number of aliphatic hydroxyl groups excluding tert-OH is 1. The molecule has 96 valence electrons. The molecule has 1 aromatic carbocycles. The van der Waals surface area contributed by atoms with Crippen LogP contribution in [0.3, 0.4) is 0 Å². The van der Waals surface area contributed by atoms with Gasteiger partial charge in [-0.25, -0.2) is 0 Å². The van der Waals surface area contributed by atoms with E-state index < -0.39 is 6.10 Å². The van der Waals surface area contributed by atoms with Gasteiger partial charge in [-0.1, -0.05) is 12.1 Å². The van der Waals surface area contributed by atoms with Gasteiger partial charge in [0.1, 0.15) is 0 Å². The number of rotatable bonds is 6. The van der Waals surface area contributed by atoms with E-state index in [-0.39, 0.29) is 12.2 Å². The van der Waals surface area contributed by atoms with Gasteiger partial charge in [-0.2, -0.15) is 0 Å². The maximum atomic E-state index is 9.43. The van der Waals surface area contributed by atoms with E-state index in [1.807, 2.05) is 25.3 Å². The molecule has 4 heteroatoms. The number of benzene rings is 1. The summed E-state index contributed by atoms with van der Waals surface area (Å²) >= 11 is 1.70. The molecule has 0 bridgehead atoms. The molecule has 0 radical (unpaired) electrons. The molecule has 0 saturated carbocycles. The summed E-state index contributed by atoms with van der Waals surface area (Å²) in [6.07, 6.45) is 1.18. The van der Waals surface area contributed by atoms with E-state index in [1.165, 1.54) is 4.90 Å². The van der Waals surface area contributed by atoms with Crippen molar-refractivity contribution >= 4 is 11.8 Å². The van der Waals surface area contributed by atoms with Gasteiger partial charge in [0.15, 0.2) is 0 Å². The van der Waals surface area contributed by atoms with Gasteiger partial charge in [0.25, 0.3) is 0 Å². The molecular formula is C13H21NO2S. The summed E-state index contributed by atoms with van der Waals surface area (Å²) in [5, 5.41) is 9.43. The molecule has 0 heterocycles. The van der Waals surface area contributed by atoms with E-state index in [9.17, 15) is 5.11 Å². The molecule has 0 saturated heterocycles. The Balaban J connectivity index is 2.72. The third-order valence-corrected chi connectivity index (χ3v) is 3.50. The van der Waals surface area contributed by atoms with Gasteiger partial charge in [0.2, 0.25) is 0 Å². The Hall–Kier alpha value is -0.550. The van der Waals surface area contributed by atoms with Gasteiger partial charge in [0.05, 0.1) is 18.3 Å². The second-order valence-electron chi connectivity index (χ2n) is 4.08. The van der Waals surface area contributed by atoms with Gasteiger partial charge in [-0.15, -0.1) is 11.8 Å². The van der Waals surface area contributed by atoms with Gasteiger partial charge in [-0.3, -0.25) is 0 Å². The monoisotopic (exact) mass is 255 g/mol. The zero-order valence-electron chi connectivity index (χ0n) is 10.6. The van der Waals surface area contributed by atoms with Crippen LogP contribution in [0.4, 0.5) is 0 Å². The summed E-state index contributed by atoms with van der Waals surface area (Å²) in [6.45, 7) is 3.98. The Labute approximate surface area is 107 Å². The molecule has 3 atom stereocenters. The molecule has 1 rings (SSSR count). The highest BCUT2D eigenvalue weighted by Gasteiger charge is 2.17. The molecule has 0 aromatic heterocycles. The van der Waals surface area contributed by atoms with E-state index in [4.69, 9.17) is 10.5 Å². The van der Waals surface area contributed by atoms with Crippen molar-refractivity contribution < 1.29 is 9.84 Å². The van der Waals surface area contributed by atoms with Crippen LogP contribution in [0.2, 0.25) is 0 Å². The predicted octanol–water partition coefficient (Wildman–Crippen LogP) is 2.19. The van der Waals surface area contributed by atoms with Crippen molar-refractivity contribution in [2.45, 2.75) is 37.1 Å². The SMILES string of the molecule is CSc1ccc(C(CN)OC(C)C(C)O)cc1. The second kappa shape index (κ2) is 7.01. The molecule has 3 unspecified atom stereocenters. The summed E-state index contributed by atoms with van der Waals surface area (Å²) in [5.41, 5.74) is 6.77. The minimum absolute atomic E-state index is 0.157. The Morgan fingerprint density at radius 1 is 1.29 bits per heavy atom. The van der Waals surface area contributed by atoms with Crippen molar-refractivity contribution in [3.63, 3.8) is 0 Å². The largest absolute Gasteiger partial charge is 0.391 e. The maximum absolute atomic E-state index is 9.43. The van der Waals surface area contributed by atoms with Gasteiger partial charge < -0.3 is 15.6 Å². The molecule has 0 fully saturated rings. The summed E-state index contributed by atoms with van der Waals surface area (Å²) in [5.74, 6) is 0.